The Hall–Kier alpha value is -0.890. The van der Waals surface area contributed by atoms with Crippen LogP contribution in [0.3, 0.4) is 0 Å². The number of rotatable bonds is 5. The Labute approximate surface area is 123 Å². The molecule has 1 aliphatic carbocycles. The zero-order valence-electron chi connectivity index (χ0n) is 13.1. The van der Waals surface area contributed by atoms with Crippen LogP contribution >= 0.6 is 0 Å². The second-order valence-electron chi connectivity index (χ2n) is 6.71. The minimum atomic E-state index is -0.0842. The molecular weight excluding hydrogens is 249 g/mol. The van der Waals surface area contributed by atoms with Gasteiger partial charge in [0, 0.05) is 0 Å². The van der Waals surface area contributed by atoms with Crippen LogP contribution in [0.5, 0.6) is 0 Å². The Morgan fingerprint density at radius 2 is 2.00 bits per heavy atom. The van der Waals surface area contributed by atoms with Crippen molar-refractivity contribution in [2.75, 3.05) is 13.1 Å². The lowest BCUT2D eigenvalue weighted by atomic mass is 9.75. The first-order valence-electron chi connectivity index (χ1n) is 8.04. The highest BCUT2D eigenvalue weighted by molar-refractivity contribution is 5.27. The van der Waals surface area contributed by atoms with E-state index in [1.54, 1.807) is 6.07 Å². The molecule has 1 aromatic carbocycles. The second kappa shape index (κ2) is 7.21. The molecule has 0 spiro atoms. The highest BCUT2D eigenvalue weighted by atomic mass is 19.1. The van der Waals surface area contributed by atoms with Crippen molar-refractivity contribution in [2.24, 2.45) is 11.8 Å². The number of hydrogen-bond acceptors (Lipinski definition) is 1. The molecule has 0 amide bonds. The molecule has 2 unspecified atom stereocenters. The maximum atomic E-state index is 13.4. The molecule has 1 aliphatic rings. The third-order valence-corrected chi connectivity index (χ3v) is 4.48. The summed E-state index contributed by atoms with van der Waals surface area (Å²) in [6.45, 7) is 8.54. The molecule has 1 saturated carbocycles. The van der Waals surface area contributed by atoms with Crippen molar-refractivity contribution in [3.8, 4) is 0 Å². The van der Waals surface area contributed by atoms with Gasteiger partial charge in [0.1, 0.15) is 5.82 Å². The van der Waals surface area contributed by atoms with E-state index in [1.165, 1.54) is 31.2 Å². The van der Waals surface area contributed by atoms with Gasteiger partial charge in [-0.1, -0.05) is 38.8 Å². The molecule has 0 heterocycles. The van der Waals surface area contributed by atoms with Crippen LogP contribution in [0.2, 0.25) is 0 Å². The molecule has 2 rings (SSSR count). The van der Waals surface area contributed by atoms with Gasteiger partial charge in [0.15, 0.2) is 0 Å². The van der Waals surface area contributed by atoms with Crippen molar-refractivity contribution in [1.29, 1.82) is 0 Å². The van der Waals surface area contributed by atoms with Crippen molar-refractivity contribution in [1.82, 2.24) is 5.32 Å². The quantitative estimate of drug-likeness (QED) is 0.826. The van der Waals surface area contributed by atoms with Crippen molar-refractivity contribution in [3.63, 3.8) is 0 Å². The minimum Gasteiger partial charge on any atom is -0.316 e. The summed E-state index contributed by atoms with van der Waals surface area (Å²) in [5.74, 6) is 1.92. The third-order valence-electron chi connectivity index (χ3n) is 4.48. The van der Waals surface area contributed by atoms with E-state index in [1.807, 2.05) is 13.0 Å². The van der Waals surface area contributed by atoms with Crippen LogP contribution in [-0.4, -0.2) is 13.1 Å². The standard InChI is InChI=1S/C18H28FN/c1-13(2)11-20-12-16-6-4-5-7-17(16)15-8-9-18(19)14(3)10-15/h8-10,13,16-17,20H,4-7,11-12H2,1-3H3. The maximum Gasteiger partial charge on any atom is 0.126 e. The molecule has 1 N–H and O–H groups in total. The largest absolute Gasteiger partial charge is 0.316 e. The summed E-state index contributed by atoms with van der Waals surface area (Å²) in [5, 5.41) is 3.61. The predicted molar refractivity (Wildman–Crippen MR) is 83.5 cm³/mol. The molecule has 1 aromatic rings. The van der Waals surface area contributed by atoms with Crippen LogP contribution in [0.4, 0.5) is 4.39 Å². The Morgan fingerprint density at radius 3 is 2.70 bits per heavy atom. The molecule has 20 heavy (non-hydrogen) atoms. The fraction of sp³-hybridized carbons (Fsp3) is 0.667. The summed E-state index contributed by atoms with van der Waals surface area (Å²) >= 11 is 0. The number of halogens is 1. The topological polar surface area (TPSA) is 12.0 Å². The summed E-state index contributed by atoms with van der Waals surface area (Å²) in [5.41, 5.74) is 2.11. The highest BCUT2D eigenvalue weighted by Crippen LogP contribution is 2.37. The first-order chi connectivity index (χ1) is 9.58. The number of aryl methyl sites for hydroxylation is 1. The summed E-state index contributed by atoms with van der Waals surface area (Å²) in [6, 6.07) is 5.69. The van der Waals surface area contributed by atoms with Crippen LogP contribution in [0, 0.1) is 24.6 Å². The fourth-order valence-corrected chi connectivity index (χ4v) is 3.35. The smallest absolute Gasteiger partial charge is 0.126 e. The van der Waals surface area contributed by atoms with Crippen LogP contribution < -0.4 is 5.32 Å². The molecule has 0 radical (unpaired) electrons. The van der Waals surface area contributed by atoms with Gasteiger partial charge in [-0.05, 0) is 67.8 Å². The van der Waals surface area contributed by atoms with E-state index in [0.29, 0.717) is 17.8 Å². The molecule has 0 saturated heterocycles. The predicted octanol–water partition coefficient (Wildman–Crippen LogP) is 4.65. The highest BCUT2D eigenvalue weighted by Gasteiger charge is 2.26. The van der Waals surface area contributed by atoms with Gasteiger partial charge in [-0.3, -0.25) is 0 Å². The van der Waals surface area contributed by atoms with Crippen molar-refractivity contribution in [3.05, 3.63) is 35.1 Å². The van der Waals surface area contributed by atoms with Crippen LogP contribution in [0.15, 0.2) is 18.2 Å². The van der Waals surface area contributed by atoms with Crippen molar-refractivity contribution in [2.45, 2.75) is 52.4 Å². The third kappa shape index (κ3) is 4.05. The zero-order chi connectivity index (χ0) is 14.5. The lowest BCUT2D eigenvalue weighted by Crippen LogP contribution is -2.31. The van der Waals surface area contributed by atoms with E-state index in [4.69, 9.17) is 0 Å². The summed E-state index contributed by atoms with van der Waals surface area (Å²) in [4.78, 5) is 0. The number of nitrogens with one attached hydrogen (secondary N) is 1. The van der Waals surface area contributed by atoms with E-state index in [-0.39, 0.29) is 5.82 Å². The summed E-state index contributed by atoms with van der Waals surface area (Å²) in [7, 11) is 0. The Balaban J connectivity index is 2.03. The van der Waals surface area contributed by atoms with Gasteiger partial charge in [-0.2, -0.15) is 0 Å². The van der Waals surface area contributed by atoms with Gasteiger partial charge < -0.3 is 5.32 Å². The van der Waals surface area contributed by atoms with Gasteiger partial charge in [0.05, 0.1) is 0 Å². The van der Waals surface area contributed by atoms with E-state index < -0.39 is 0 Å². The fourth-order valence-electron chi connectivity index (χ4n) is 3.35. The summed E-state index contributed by atoms with van der Waals surface area (Å²) in [6.07, 6.45) is 5.19. The molecular formula is C18H28FN. The van der Waals surface area contributed by atoms with E-state index in [0.717, 1.165) is 18.7 Å². The SMILES string of the molecule is Cc1cc(C2CCCCC2CNCC(C)C)ccc1F. The lowest BCUT2D eigenvalue weighted by molar-refractivity contribution is 0.292. The van der Waals surface area contributed by atoms with E-state index in [2.05, 4.69) is 25.2 Å². The molecule has 0 aromatic heterocycles. The Bertz CT molecular complexity index is 427. The zero-order valence-corrected chi connectivity index (χ0v) is 13.1. The number of benzene rings is 1. The molecule has 1 nitrogen and oxygen atoms in total. The number of hydrogen-bond donors (Lipinski definition) is 1. The van der Waals surface area contributed by atoms with Crippen LogP contribution in [-0.2, 0) is 0 Å². The molecule has 0 aliphatic heterocycles. The Kier molecular flexibility index (Phi) is 5.59. The van der Waals surface area contributed by atoms with Crippen LogP contribution in [0.1, 0.15) is 56.6 Å². The maximum absolute atomic E-state index is 13.4. The van der Waals surface area contributed by atoms with Gasteiger partial charge in [-0.25, -0.2) is 4.39 Å². The summed E-state index contributed by atoms with van der Waals surface area (Å²) < 4.78 is 13.4. The average molecular weight is 277 g/mol. The van der Waals surface area contributed by atoms with Gasteiger partial charge in [0.25, 0.3) is 0 Å². The lowest BCUT2D eigenvalue weighted by Gasteiger charge is -2.32. The molecule has 112 valence electrons. The van der Waals surface area contributed by atoms with E-state index >= 15 is 0 Å². The first-order valence-corrected chi connectivity index (χ1v) is 8.04. The Morgan fingerprint density at radius 1 is 1.25 bits per heavy atom. The second-order valence-corrected chi connectivity index (χ2v) is 6.71. The average Bonchev–Trinajstić information content (AvgIpc) is 2.42. The van der Waals surface area contributed by atoms with Gasteiger partial charge >= 0.3 is 0 Å². The monoisotopic (exact) mass is 277 g/mol. The van der Waals surface area contributed by atoms with Crippen molar-refractivity contribution < 1.29 is 4.39 Å². The van der Waals surface area contributed by atoms with Crippen molar-refractivity contribution >= 4 is 0 Å². The molecule has 2 heteroatoms. The van der Waals surface area contributed by atoms with Gasteiger partial charge in [-0.15, -0.1) is 0 Å². The first kappa shape index (κ1) is 15.5. The van der Waals surface area contributed by atoms with Gasteiger partial charge in [0.2, 0.25) is 0 Å². The molecule has 1 fully saturated rings. The molecule has 2 atom stereocenters. The molecule has 0 bridgehead atoms. The van der Waals surface area contributed by atoms with E-state index in [9.17, 15) is 4.39 Å². The van der Waals surface area contributed by atoms with Crippen LogP contribution in [0.25, 0.3) is 0 Å². The normalized spacial score (nSPS) is 23.2. The minimum absolute atomic E-state index is 0.0842.